The van der Waals surface area contributed by atoms with Gasteiger partial charge in [0.1, 0.15) is 5.78 Å². The second kappa shape index (κ2) is 4.58. The van der Waals surface area contributed by atoms with Crippen LogP contribution in [0.2, 0.25) is 5.02 Å². The monoisotopic (exact) mass is 221 g/mol. The molecule has 2 nitrogen and oxygen atoms in total. The molecule has 1 aliphatic carbocycles. The van der Waals surface area contributed by atoms with Crippen LogP contribution in [0.4, 0.5) is 5.69 Å². The van der Waals surface area contributed by atoms with Gasteiger partial charge in [-0.2, -0.15) is 0 Å². The van der Waals surface area contributed by atoms with Crippen LogP contribution in [-0.2, 0) is 4.79 Å². The van der Waals surface area contributed by atoms with Crippen LogP contribution in [0.15, 0.2) is 29.3 Å². The molecule has 0 aliphatic heterocycles. The molecule has 0 amide bonds. The Bertz CT molecular complexity index is 412. The summed E-state index contributed by atoms with van der Waals surface area (Å²) in [6.07, 6.45) is 3.02. The standard InChI is InChI=1S/C12H12ClNO/c13-11-6-1-2-7-12(11)14-9-4-3-5-10(15)8-9/h1-2,6-7H,3-5,8H2. The number of hydrogen-bond acceptors (Lipinski definition) is 2. The van der Waals surface area contributed by atoms with Gasteiger partial charge in [0.05, 0.1) is 10.7 Å². The molecular weight excluding hydrogens is 210 g/mol. The maximum atomic E-state index is 11.2. The predicted octanol–water partition coefficient (Wildman–Crippen LogP) is 3.56. The highest BCUT2D eigenvalue weighted by Gasteiger charge is 2.14. The molecule has 0 aromatic heterocycles. The largest absolute Gasteiger partial charge is 0.299 e. The van der Waals surface area contributed by atoms with Gasteiger partial charge in [0, 0.05) is 18.6 Å². The van der Waals surface area contributed by atoms with Gasteiger partial charge in [-0.3, -0.25) is 9.79 Å². The zero-order chi connectivity index (χ0) is 10.7. The number of ketones is 1. The van der Waals surface area contributed by atoms with Crippen molar-refractivity contribution in [2.24, 2.45) is 4.99 Å². The Balaban J connectivity index is 2.22. The zero-order valence-corrected chi connectivity index (χ0v) is 9.13. The molecule has 1 fully saturated rings. The summed E-state index contributed by atoms with van der Waals surface area (Å²) < 4.78 is 0. The van der Waals surface area contributed by atoms with Gasteiger partial charge < -0.3 is 0 Å². The summed E-state index contributed by atoms with van der Waals surface area (Å²) in [6, 6.07) is 7.45. The summed E-state index contributed by atoms with van der Waals surface area (Å²) in [4.78, 5) is 15.7. The van der Waals surface area contributed by atoms with E-state index in [1.54, 1.807) is 0 Å². The van der Waals surface area contributed by atoms with Crippen molar-refractivity contribution in [2.75, 3.05) is 0 Å². The first-order valence-electron chi connectivity index (χ1n) is 5.08. The molecule has 3 heteroatoms. The van der Waals surface area contributed by atoms with Gasteiger partial charge in [-0.25, -0.2) is 0 Å². The quantitative estimate of drug-likeness (QED) is 0.713. The van der Waals surface area contributed by atoms with Crippen molar-refractivity contribution in [3.05, 3.63) is 29.3 Å². The first-order valence-corrected chi connectivity index (χ1v) is 5.46. The number of halogens is 1. The van der Waals surface area contributed by atoms with Gasteiger partial charge in [-0.1, -0.05) is 23.7 Å². The lowest BCUT2D eigenvalue weighted by Gasteiger charge is -2.11. The summed E-state index contributed by atoms with van der Waals surface area (Å²) >= 11 is 5.99. The third kappa shape index (κ3) is 2.66. The fourth-order valence-electron chi connectivity index (χ4n) is 1.70. The van der Waals surface area contributed by atoms with E-state index in [1.807, 2.05) is 24.3 Å². The molecule has 1 aromatic rings. The van der Waals surface area contributed by atoms with Crippen molar-refractivity contribution in [2.45, 2.75) is 25.7 Å². The second-order valence-corrected chi connectivity index (χ2v) is 4.11. The van der Waals surface area contributed by atoms with Crippen molar-refractivity contribution in [1.82, 2.24) is 0 Å². The first kappa shape index (κ1) is 10.4. The van der Waals surface area contributed by atoms with Crippen LogP contribution in [0.5, 0.6) is 0 Å². The van der Waals surface area contributed by atoms with Gasteiger partial charge in [0.25, 0.3) is 0 Å². The number of nitrogens with zero attached hydrogens (tertiary/aromatic N) is 1. The van der Waals surface area contributed by atoms with Crippen LogP contribution in [0, 0.1) is 0 Å². The smallest absolute Gasteiger partial charge is 0.138 e. The molecule has 1 aromatic carbocycles. The number of para-hydroxylation sites is 1. The number of Topliss-reactive ketones (excluding diaryl/α,β-unsaturated/α-hetero) is 1. The van der Waals surface area contributed by atoms with Crippen LogP contribution in [0.3, 0.4) is 0 Å². The molecule has 0 atom stereocenters. The summed E-state index contributed by atoms with van der Waals surface area (Å²) in [5.74, 6) is 0.284. The molecule has 0 saturated heterocycles. The predicted molar refractivity (Wildman–Crippen MR) is 62.0 cm³/mol. The number of benzene rings is 1. The normalized spacial score (nSPS) is 19.5. The van der Waals surface area contributed by atoms with Crippen molar-refractivity contribution in [3.8, 4) is 0 Å². The van der Waals surface area contributed by atoms with Crippen LogP contribution in [0.25, 0.3) is 0 Å². The van der Waals surface area contributed by atoms with E-state index in [2.05, 4.69) is 4.99 Å². The molecule has 2 rings (SSSR count). The Kier molecular flexibility index (Phi) is 3.17. The highest BCUT2D eigenvalue weighted by atomic mass is 35.5. The molecule has 0 radical (unpaired) electrons. The fourth-order valence-corrected chi connectivity index (χ4v) is 1.88. The van der Waals surface area contributed by atoms with Crippen LogP contribution in [-0.4, -0.2) is 11.5 Å². The molecule has 0 heterocycles. The van der Waals surface area contributed by atoms with E-state index in [-0.39, 0.29) is 5.78 Å². The number of hydrogen-bond donors (Lipinski definition) is 0. The Morgan fingerprint density at radius 3 is 2.73 bits per heavy atom. The Labute approximate surface area is 94.0 Å². The second-order valence-electron chi connectivity index (χ2n) is 3.70. The number of carbonyl (C=O) groups is 1. The fraction of sp³-hybridized carbons (Fsp3) is 0.333. The van der Waals surface area contributed by atoms with E-state index in [4.69, 9.17) is 11.6 Å². The minimum atomic E-state index is 0.284. The third-order valence-corrected chi connectivity index (χ3v) is 2.77. The van der Waals surface area contributed by atoms with Crippen LogP contribution >= 0.6 is 11.6 Å². The molecule has 78 valence electrons. The molecule has 1 aliphatic rings. The number of carbonyl (C=O) groups excluding carboxylic acids is 1. The summed E-state index contributed by atoms with van der Waals surface area (Å²) in [7, 11) is 0. The van der Waals surface area contributed by atoms with E-state index < -0.39 is 0 Å². The van der Waals surface area contributed by atoms with E-state index in [1.165, 1.54) is 0 Å². The number of aliphatic imine (C=N–C) groups is 1. The lowest BCUT2D eigenvalue weighted by molar-refractivity contribution is -0.118. The zero-order valence-electron chi connectivity index (χ0n) is 8.37. The maximum Gasteiger partial charge on any atom is 0.138 e. The minimum Gasteiger partial charge on any atom is -0.299 e. The molecule has 0 unspecified atom stereocenters. The van der Waals surface area contributed by atoms with Gasteiger partial charge in [-0.05, 0) is 25.0 Å². The first-order chi connectivity index (χ1) is 7.25. The average Bonchev–Trinajstić information content (AvgIpc) is 2.22. The lowest BCUT2D eigenvalue weighted by atomic mass is 9.97. The minimum absolute atomic E-state index is 0.284. The highest BCUT2D eigenvalue weighted by molar-refractivity contribution is 6.33. The van der Waals surface area contributed by atoms with Gasteiger partial charge in [0.15, 0.2) is 0 Å². The summed E-state index contributed by atoms with van der Waals surface area (Å²) in [6.45, 7) is 0. The van der Waals surface area contributed by atoms with E-state index in [0.717, 1.165) is 24.2 Å². The SMILES string of the molecule is O=C1CCCC(=Nc2ccccc2Cl)C1. The highest BCUT2D eigenvalue weighted by Crippen LogP contribution is 2.25. The summed E-state index contributed by atoms with van der Waals surface area (Å²) in [5.41, 5.74) is 1.73. The van der Waals surface area contributed by atoms with E-state index in [9.17, 15) is 4.79 Å². The topological polar surface area (TPSA) is 29.4 Å². The molecule has 0 N–H and O–H groups in total. The molecule has 1 saturated carbocycles. The van der Waals surface area contributed by atoms with Crippen LogP contribution in [0.1, 0.15) is 25.7 Å². The Morgan fingerprint density at radius 1 is 1.20 bits per heavy atom. The van der Waals surface area contributed by atoms with Gasteiger partial charge in [0.2, 0.25) is 0 Å². The molecule has 0 spiro atoms. The van der Waals surface area contributed by atoms with Crippen molar-refractivity contribution < 1.29 is 4.79 Å². The third-order valence-electron chi connectivity index (χ3n) is 2.45. The van der Waals surface area contributed by atoms with Crippen LogP contribution < -0.4 is 0 Å². The summed E-state index contributed by atoms with van der Waals surface area (Å²) in [5, 5.41) is 0.642. The van der Waals surface area contributed by atoms with E-state index in [0.29, 0.717) is 17.9 Å². The van der Waals surface area contributed by atoms with Crippen molar-refractivity contribution >= 4 is 28.8 Å². The molecule has 15 heavy (non-hydrogen) atoms. The van der Waals surface area contributed by atoms with Crippen molar-refractivity contribution in [3.63, 3.8) is 0 Å². The Morgan fingerprint density at radius 2 is 2.00 bits per heavy atom. The van der Waals surface area contributed by atoms with Gasteiger partial charge in [-0.15, -0.1) is 0 Å². The number of rotatable bonds is 1. The molecular formula is C12H12ClNO. The van der Waals surface area contributed by atoms with Gasteiger partial charge >= 0.3 is 0 Å². The molecule has 0 bridgehead atoms. The van der Waals surface area contributed by atoms with E-state index >= 15 is 0 Å². The average molecular weight is 222 g/mol. The van der Waals surface area contributed by atoms with Crippen molar-refractivity contribution in [1.29, 1.82) is 0 Å². The maximum absolute atomic E-state index is 11.2. The lowest BCUT2D eigenvalue weighted by Crippen LogP contribution is -2.13. The Hall–Kier alpha value is -1.15.